The number of aromatic nitrogens is 2. The van der Waals surface area contributed by atoms with Crippen LogP contribution in [0.4, 0.5) is 4.39 Å². The first-order valence-corrected chi connectivity index (χ1v) is 4.72. The average molecular weight is 192 g/mol. The summed E-state index contributed by atoms with van der Waals surface area (Å²) < 4.78 is 15.4. The van der Waals surface area contributed by atoms with Crippen LogP contribution in [0.5, 0.6) is 0 Å². The van der Waals surface area contributed by atoms with E-state index in [0.29, 0.717) is 11.6 Å². The van der Waals surface area contributed by atoms with E-state index in [9.17, 15) is 4.39 Å². The van der Waals surface area contributed by atoms with Gasteiger partial charge in [0.15, 0.2) is 5.82 Å². The van der Waals surface area contributed by atoms with E-state index < -0.39 is 0 Å². The molecule has 0 N–H and O–H groups in total. The van der Waals surface area contributed by atoms with Crippen molar-refractivity contribution in [3.8, 4) is 0 Å². The second kappa shape index (κ2) is 3.08. The van der Waals surface area contributed by atoms with Crippen LogP contribution in [0.1, 0.15) is 25.5 Å². The maximum atomic E-state index is 13.4. The van der Waals surface area contributed by atoms with Crippen molar-refractivity contribution in [2.75, 3.05) is 0 Å². The summed E-state index contributed by atoms with van der Waals surface area (Å²) in [4.78, 5) is 4.07. The number of aryl methyl sites for hydroxylation is 1. The molecular weight excluding hydrogens is 179 g/mol. The summed E-state index contributed by atoms with van der Waals surface area (Å²) in [5.74, 6) is -0.237. The Balaban J connectivity index is 2.78. The van der Waals surface area contributed by atoms with Gasteiger partial charge in [-0.25, -0.2) is 9.37 Å². The first-order chi connectivity index (χ1) is 6.59. The minimum absolute atomic E-state index is 0.237. The van der Waals surface area contributed by atoms with E-state index in [-0.39, 0.29) is 5.82 Å². The van der Waals surface area contributed by atoms with Crippen LogP contribution in [0.25, 0.3) is 11.0 Å². The molecular formula is C11H13FN2. The molecule has 0 radical (unpaired) electrons. The average Bonchev–Trinajstić information content (AvgIpc) is 2.47. The highest BCUT2D eigenvalue weighted by Gasteiger charge is 2.09. The maximum Gasteiger partial charge on any atom is 0.151 e. The highest BCUT2D eigenvalue weighted by molar-refractivity contribution is 5.76. The van der Waals surface area contributed by atoms with E-state index in [2.05, 4.69) is 18.8 Å². The van der Waals surface area contributed by atoms with Crippen LogP contribution >= 0.6 is 0 Å². The van der Waals surface area contributed by atoms with E-state index in [1.54, 1.807) is 6.33 Å². The molecule has 0 aliphatic heterocycles. The smallest absolute Gasteiger partial charge is 0.151 e. The fourth-order valence-electron chi connectivity index (χ4n) is 1.63. The number of hydrogen-bond acceptors (Lipinski definition) is 1. The number of halogens is 1. The number of benzene rings is 1. The van der Waals surface area contributed by atoms with Gasteiger partial charge in [0.1, 0.15) is 5.52 Å². The highest BCUT2D eigenvalue weighted by atomic mass is 19.1. The van der Waals surface area contributed by atoms with Crippen molar-refractivity contribution in [1.82, 2.24) is 9.55 Å². The van der Waals surface area contributed by atoms with Crippen molar-refractivity contribution in [3.63, 3.8) is 0 Å². The Bertz CT molecular complexity index is 471. The van der Waals surface area contributed by atoms with Crippen LogP contribution in [0.15, 0.2) is 18.5 Å². The molecule has 0 fully saturated rings. The standard InChI is InChI=1S/C11H13FN2/c1-7(2)14-6-13-11-9(12)4-8(3)5-10(11)14/h4-7H,1-3H3. The minimum atomic E-state index is -0.237. The molecule has 0 aliphatic rings. The zero-order chi connectivity index (χ0) is 10.3. The Labute approximate surface area is 82.4 Å². The Morgan fingerprint density at radius 2 is 2.07 bits per heavy atom. The van der Waals surface area contributed by atoms with Crippen molar-refractivity contribution in [2.24, 2.45) is 0 Å². The molecule has 0 saturated carbocycles. The van der Waals surface area contributed by atoms with E-state index >= 15 is 0 Å². The Morgan fingerprint density at radius 3 is 2.71 bits per heavy atom. The van der Waals surface area contributed by atoms with Crippen molar-refractivity contribution < 1.29 is 4.39 Å². The largest absolute Gasteiger partial charge is 0.328 e. The van der Waals surface area contributed by atoms with Crippen molar-refractivity contribution in [2.45, 2.75) is 26.8 Å². The molecule has 2 rings (SSSR count). The molecule has 0 amide bonds. The van der Waals surface area contributed by atoms with Crippen LogP contribution in [-0.2, 0) is 0 Å². The van der Waals surface area contributed by atoms with Gasteiger partial charge >= 0.3 is 0 Å². The Hall–Kier alpha value is -1.38. The second-order valence-corrected chi connectivity index (χ2v) is 3.86. The molecule has 0 spiro atoms. The van der Waals surface area contributed by atoms with Crippen molar-refractivity contribution in [1.29, 1.82) is 0 Å². The van der Waals surface area contributed by atoms with Gasteiger partial charge in [-0.3, -0.25) is 0 Å². The molecule has 0 aliphatic carbocycles. The van der Waals surface area contributed by atoms with Crippen LogP contribution in [-0.4, -0.2) is 9.55 Å². The summed E-state index contributed by atoms with van der Waals surface area (Å²) in [6.07, 6.45) is 1.69. The van der Waals surface area contributed by atoms with Gasteiger partial charge in [0.2, 0.25) is 0 Å². The summed E-state index contributed by atoms with van der Waals surface area (Å²) in [6.45, 7) is 6.00. The third-order valence-corrected chi connectivity index (χ3v) is 2.33. The van der Waals surface area contributed by atoms with E-state index in [4.69, 9.17) is 0 Å². The lowest BCUT2D eigenvalue weighted by atomic mass is 10.2. The number of hydrogen-bond donors (Lipinski definition) is 0. The molecule has 0 saturated heterocycles. The summed E-state index contributed by atoms with van der Waals surface area (Å²) >= 11 is 0. The molecule has 1 aromatic heterocycles. The zero-order valence-corrected chi connectivity index (χ0v) is 8.58. The zero-order valence-electron chi connectivity index (χ0n) is 8.58. The third-order valence-electron chi connectivity index (χ3n) is 2.33. The number of rotatable bonds is 1. The van der Waals surface area contributed by atoms with Crippen LogP contribution in [0.2, 0.25) is 0 Å². The normalized spacial score (nSPS) is 11.5. The van der Waals surface area contributed by atoms with E-state index in [0.717, 1.165) is 11.1 Å². The van der Waals surface area contributed by atoms with Gasteiger partial charge in [0.25, 0.3) is 0 Å². The van der Waals surface area contributed by atoms with Gasteiger partial charge in [0.05, 0.1) is 11.8 Å². The lowest BCUT2D eigenvalue weighted by molar-refractivity contribution is 0.616. The third kappa shape index (κ3) is 1.29. The highest BCUT2D eigenvalue weighted by Crippen LogP contribution is 2.21. The number of nitrogens with zero attached hydrogens (tertiary/aromatic N) is 2. The summed E-state index contributed by atoms with van der Waals surface area (Å²) in [5, 5.41) is 0. The van der Waals surface area contributed by atoms with Gasteiger partial charge in [-0.15, -0.1) is 0 Å². The summed E-state index contributed by atoms with van der Waals surface area (Å²) in [7, 11) is 0. The first-order valence-electron chi connectivity index (χ1n) is 4.72. The number of imidazole rings is 1. The number of fused-ring (bicyclic) bond motifs is 1. The fraction of sp³-hybridized carbons (Fsp3) is 0.364. The van der Waals surface area contributed by atoms with Crippen LogP contribution in [0, 0.1) is 12.7 Å². The summed E-state index contributed by atoms with van der Waals surface area (Å²) in [6, 6.07) is 3.78. The van der Waals surface area contributed by atoms with Gasteiger partial charge in [-0.1, -0.05) is 0 Å². The quantitative estimate of drug-likeness (QED) is 0.679. The summed E-state index contributed by atoms with van der Waals surface area (Å²) in [5.41, 5.74) is 2.26. The first kappa shape index (κ1) is 9.19. The lowest BCUT2D eigenvalue weighted by Gasteiger charge is -2.08. The van der Waals surface area contributed by atoms with Gasteiger partial charge in [-0.2, -0.15) is 0 Å². The van der Waals surface area contributed by atoms with Crippen LogP contribution in [0.3, 0.4) is 0 Å². The molecule has 0 bridgehead atoms. The molecule has 0 atom stereocenters. The predicted molar refractivity (Wildman–Crippen MR) is 54.8 cm³/mol. The van der Waals surface area contributed by atoms with Gasteiger partial charge in [-0.05, 0) is 38.5 Å². The molecule has 1 aromatic carbocycles. The predicted octanol–water partition coefficient (Wildman–Crippen LogP) is 3.06. The Kier molecular flexibility index (Phi) is 2.02. The minimum Gasteiger partial charge on any atom is -0.328 e. The molecule has 2 aromatic rings. The SMILES string of the molecule is Cc1cc(F)c2ncn(C(C)C)c2c1. The fourth-order valence-corrected chi connectivity index (χ4v) is 1.63. The molecule has 14 heavy (non-hydrogen) atoms. The molecule has 1 heterocycles. The van der Waals surface area contributed by atoms with E-state index in [1.807, 2.05) is 17.6 Å². The molecule has 0 unspecified atom stereocenters. The second-order valence-electron chi connectivity index (χ2n) is 3.86. The molecule has 74 valence electrons. The monoisotopic (exact) mass is 192 g/mol. The topological polar surface area (TPSA) is 17.8 Å². The van der Waals surface area contributed by atoms with Gasteiger partial charge < -0.3 is 4.57 Å². The molecule has 2 nitrogen and oxygen atoms in total. The van der Waals surface area contributed by atoms with E-state index in [1.165, 1.54) is 6.07 Å². The lowest BCUT2D eigenvalue weighted by Crippen LogP contribution is -1.98. The van der Waals surface area contributed by atoms with Crippen LogP contribution < -0.4 is 0 Å². The Morgan fingerprint density at radius 1 is 1.36 bits per heavy atom. The maximum absolute atomic E-state index is 13.4. The molecule has 3 heteroatoms. The van der Waals surface area contributed by atoms with Gasteiger partial charge in [0, 0.05) is 6.04 Å². The van der Waals surface area contributed by atoms with Crippen molar-refractivity contribution >= 4 is 11.0 Å². The van der Waals surface area contributed by atoms with Crippen molar-refractivity contribution in [3.05, 3.63) is 29.8 Å².